The van der Waals surface area contributed by atoms with Gasteiger partial charge < -0.3 is 5.32 Å². The lowest BCUT2D eigenvalue weighted by atomic mass is 10.0. The van der Waals surface area contributed by atoms with Gasteiger partial charge in [0.25, 0.3) is 0 Å². The molecule has 0 amide bonds. The average Bonchev–Trinajstić information content (AvgIpc) is 2.67. The third-order valence-electron chi connectivity index (χ3n) is 5.18. The highest BCUT2D eigenvalue weighted by atomic mass is 15.3. The Balaban J connectivity index is 1.80. The van der Waals surface area contributed by atoms with E-state index in [0.717, 1.165) is 19.0 Å². The van der Waals surface area contributed by atoms with Crippen LogP contribution in [0.2, 0.25) is 0 Å². The molecule has 0 spiro atoms. The molecule has 102 valence electrons. The number of hydrogen-bond donors (Lipinski definition) is 1. The first kappa shape index (κ1) is 13.6. The first-order chi connectivity index (χ1) is 8.26. The van der Waals surface area contributed by atoms with Crippen LogP contribution in [0, 0.1) is 16.7 Å². The van der Waals surface area contributed by atoms with Crippen molar-refractivity contribution in [3.63, 3.8) is 0 Å². The van der Waals surface area contributed by atoms with Gasteiger partial charge in [-0.25, -0.2) is 0 Å². The van der Waals surface area contributed by atoms with E-state index in [4.69, 9.17) is 0 Å². The van der Waals surface area contributed by atoms with E-state index in [0.29, 0.717) is 16.9 Å². The minimum Gasteiger partial charge on any atom is -0.312 e. The lowest BCUT2D eigenvalue weighted by molar-refractivity contribution is 0.457. The van der Waals surface area contributed by atoms with E-state index in [1.165, 1.54) is 5.56 Å². The molecule has 1 aliphatic rings. The largest absolute Gasteiger partial charge is 0.312 e. The molecule has 2 rings (SSSR count). The summed E-state index contributed by atoms with van der Waals surface area (Å²) < 4.78 is 2.02. The highest BCUT2D eigenvalue weighted by Gasteiger charge is 2.63. The van der Waals surface area contributed by atoms with E-state index in [-0.39, 0.29) is 0 Å². The fourth-order valence-electron chi connectivity index (χ4n) is 2.96. The highest BCUT2D eigenvalue weighted by Crippen LogP contribution is 2.67. The first-order valence-electron chi connectivity index (χ1n) is 7.00. The third-order valence-corrected chi connectivity index (χ3v) is 5.18. The molecule has 1 fully saturated rings. The zero-order valence-electron chi connectivity index (χ0n) is 12.6. The molecule has 1 aromatic heterocycles. The second kappa shape index (κ2) is 4.37. The van der Waals surface area contributed by atoms with Crippen LogP contribution in [0.5, 0.6) is 0 Å². The summed E-state index contributed by atoms with van der Waals surface area (Å²) in [6, 6.07) is 0.444. The molecule has 1 heterocycles. The first-order valence-corrected chi connectivity index (χ1v) is 7.00. The van der Waals surface area contributed by atoms with Crippen molar-refractivity contribution in [3.05, 3.63) is 18.0 Å². The van der Waals surface area contributed by atoms with Crippen LogP contribution >= 0.6 is 0 Å². The second-order valence-electron chi connectivity index (χ2n) is 7.05. The number of hydrogen-bond acceptors (Lipinski definition) is 2. The van der Waals surface area contributed by atoms with Gasteiger partial charge in [0, 0.05) is 24.3 Å². The lowest BCUT2D eigenvalue weighted by Gasteiger charge is -2.05. The number of nitrogens with zero attached hydrogens (tertiary/aromatic N) is 2. The SMILES string of the molecule is CC(C)n1cc(CNCC2C(C)(C)C2(C)C)cn1. The van der Waals surface area contributed by atoms with Gasteiger partial charge in [0.05, 0.1) is 6.20 Å². The molecule has 1 N–H and O–H groups in total. The molecule has 3 nitrogen and oxygen atoms in total. The summed E-state index contributed by atoms with van der Waals surface area (Å²) in [5, 5.41) is 7.94. The summed E-state index contributed by atoms with van der Waals surface area (Å²) in [6.07, 6.45) is 4.11. The summed E-state index contributed by atoms with van der Waals surface area (Å²) in [5.41, 5.74) is 2.23. The molecular formula is C15H27N3. The summed E-state index contributed by atoms with van der Waals surface area (Å²) >= 11 is 0. The topological polar surface area (TPSA) is 29.9 Å². The Hall–Kier alpha value is -0.830. The zero-order chi connectivity index (χ0) is 13.6. The summed E-state index contributed by atoms with van der Waals surface area (Å²) in [4.78, 5) is 0. The molecule has 0 bridgehead atoms. The van der Waals surface area contributed by atoms with Crippen LogP contribution in [0.4, 0.5) is 0 Å². The van der Waals surface area contributed by atoms with Crippen molar-refractivity contribution in [2.24, 2.45) is 16.7 Å². The predicted molar refractivity (Wildman–Crippen MR) is 75.4 cm³/mol. The molecule has 0 unspecified atom stereocenters. The van der Waals surface area contributed by atoms with Gasteiger partial charge in [-0.3, -0.25) is 4.68 Å². The molecular weight excluding hydrogens is 222 g/mol. The standard InChI is InChI=1S/C15H27N3/c1-11(2)18-10-12(8-17-18)7-16-9-13-14(3,4)15(13,5)6/h8,10-11,13,16H,7,9H2,1-6H3. The fourth-order valence-corrected chi connectivity index (χ4v) is 2.96. The molecule has 0 atom stereocenters. The van der Waals surface area contributed by atoms with E-state index < -0.39 is 0 Å². The minimum atomic E-state index is 0.444. The highest BCUT2D eigenvalue weighted by molar-refractivity contribution is 5.13. The Kier molecular flexibility index (Phi) is 3.30. The van der Waals surface area contributed by atoms with Gasteiger partial charge in [0.15, 0.2) is 0 Å². The van der Waals surface area contributed by atoms with E-state index in [1.807, 2.05) is 10.9 Å². The Morgan fingerprint density at radius 1 is 1.28 bits per heavy atom. The van der Waals surface area contributed by atoms with E-state index in [9.17, 15) is 0 Å². The Morgan fingerprint density at radius 3 is 2.33 bits per heavy atom. The summed E-state index contributed by atoms with van der Waals surface area (Å²) in [7, 11) is 0. The van der Waals surface area contributed by atoms with Crippen LogP contribution in [0.25, 0.3) is 0 Å². The van der Waals surface area contributed by atoms with Gasteiger partial charge >= 0.3 is 0 Å². The monoisotopic (exact) mass is 249 g/mol. The van der Waals surface area contributed by atoms with Crippen LogP contribution in [-0.2, 0) is 6.54 Å². The summed E-state index contributed by atoms with van der Waals surface area (Å²) in [5.74, 6) is 0.783. The Labute approximate surface area is 111 Å². The molecule has 0 radical (unpaired) electrons. The number of rotatable bonds is 5. The van der Waals surface area contributed by atoms with Gasteiger partial charge in [0.1, 0.15) is 0 Å². The van der Waals surface area contributed by atoms with Crippen LogP contribution < -0.4 is 5.32 Å². The normalized spacial score (nSPS) is 21.5. The molecule has 0 saturated heterocycles. The molecule has 1 aliphatic carbocycles. The van der Waals surface area contributed by atoms with Crippen LogP contribution in [0.3, 0.4) is 0 Å². The van der Waals surface area contributed by atoms with Crippen LogP contribution in [0.15, 0.2) is 12.4 Å². The molecule has 0 aromatic carbocycles. The zero-order valence-corrected chi connectivity index (χ0v) is 12.6. The van der Waals surface area contributed by atoms with Gasteiger partial charge in [-0.2, -0.15) is 5.10 Å². The summed E-state index contributed by atoms with van der Waals surface area (Å²) in [6.45, 7) is 15.8. The maximum absolute atomic E-state index is 4.36. The van der Waals surface area contributed by atoms with Crippen LogP contribution in [-0.4, -0.2) is 16.3 Å². The van der Waals surface area contributed by atoms with E-state index in [1.54, 1.807) is 0 Å². The van der Waals surface area contributed by atoms with Gasteiger partial charge in [0.2, 0.25) is 0 Å². The van der Waals surface area contributed by atoms with Gasteiger partial charge in [-0.15, -0.1) is 0 Å². The maximum Gasteiger partial charge on any atom is 0.0534 e. The van der Waals surface area contributed by atoms with Crippen molar-refractivity contribution >= 4 is 0 Å². The third kappa shape index (κ3) is 2.20. The Morgan fingerprint density at radius 2 is 1.89 bits per heavy atom. The lowest BCUT2D eigenvalue weighted by Crippen LogP contribution is -2.18. The van der Waals surface area contributed by atoms with Crippen molar-refractivity contribution in [1.29, 1.82) is 0 Å². The average molecular weight is 249 g/mol. The van der Waals surface area contributed by atoms with E-state index >= 15 is 0 Å². The number of aromatic nitrogens is 2. The fraction of sp³-hybridized carbons (Fsp3) is 0.800. The van der Waals surface area contributed by atoms with Gasteiger partial charge in [-0.05, 0) is 37.1 Å². The molecule has 18 heavy (non-hydrogen) atoms. The van der Waals surface area contributed by atoms with Crippen molar-refractivity contribution in [1.82, 2.24) is 15.1 Å². The van der Waals surface area contributed by atoms with Crippen molar-refractivity contribution in [2.45, 2.75) is 54.1 Å². The van der Waals surface area contributed by atoms with Crippen LogP contribution in [0.1, 0.15) is 53.1 Å². The molecule has 1 aromatic rings. The quantitative estimate of drug-likeness (QED) is 0.868. The maximum atomic E-state index is 4.36. The van der Waals surface area contributed by atoms with Gasteiger partial charge in [-0.1, -0.05) is 27.7 Å². The van der Waals surface area contributed by atoms with E-state index in [2.05, 4.69) is 58.2 Å². The molecule has 0 aliphatic heterocycles. The van der Waals surface area contributed by atoms with Crippen molar-refractivity contribution in [2.75, 3.05) is 6.54 Å². The van der Waals surface area contributed by atoms with Crippen molar-refractivity contribution in [3.8, 4) is 0 Å². The minimum absolute atomic E-state index is 0.444. The smallest absolute Gasteiger partial charge is 0.0534 e. The molecule has 3 heteroatoms. The second-order valence-corrected chi connectivity index (χ2v) is 7.05. The van der Waals surface area contributed by atoms with Crippen molar-refractivity contribution < 1.29 is 0 Å². The predicted octanol–water partition coefficient (Wildman–Crippen LogP) is 3.24. The number of nitrogens with one attached hydrogen (secondary N) is 1. The Bertz CT molecular complexity index is 401. The molecule has 1 saturated carbocycles.